The first-order chi connectivity index (χ1) is 15.0. The summed E-state index contributed by atoms with van der Waals surface area (Å²) in [5, 5.41) is 4.93. The molecule has 1 N–H and O–H groups in total. The Hall–Kier alpha value is -3.58. The summed E-state index contributed by atoms with van der Waals surface area (Å²) in [6.07, 6.45) is 0. The summed E-state index contributed by atoms with van der Waals surface area (Å²) in [5.41, 5.74) is 1.16. The number of fused-ring (bicyclic) bond motifs is 1. The van der Waals surface area contributed by atoms with E-state index < -0.39 is 17.7 Å². The SMILES string of the molecule is COc1ccc(NC(=O)CN2CCN(c3cccc4ccccc34)C(=O)C2=O)cc1Cl. The third-order valence-electron chi connectivity index (χ3n) is 5.14. The van der Waals surface area contributed by atoms with Gasteiger partial charge in [-0.25, -0.2) is 0 Å². The number of nitrogens with one attached hydrogen (secondary N) is 1. The fourth-order valence-electron chi connectivity index (χ4n) is 3.62. The Labute approximate surface area is 184 Å². The number of methoxy groups -OCH3 is 1. The van der Waals surface area contributed by atoms with Crippen LogP contribution in [0.3, 0.4) is 0 Å². The van der Waals surface area contributed by atoms with Gasteiger partial charge in [0.15, 0.2) is 0 Å². The number of halogens is 1. The Morgan fingerprint density at radius 2 is 1.81 bits per heavy atom. The van der Waals surface area contributed by atoms with Crippen LogP contribution in [-0.4, -0.2) is 49.4 Å². The third kappa shape index (κ3) is 4.18. The van der Waals surface area contributed by atoms with Crippen molar-refractivity contribution in [1.82, 2.24) is 4.90 Å². The fourth-order valence-corrected chi connectivity index (χ4v) is 3.87. The van der Waals surface area contributed by atoms with Crippen molar-refractivity contribution < 1.29 is 19.1 Å². The Morgan fingerprint density at radius 1 is 1.03 bits per heavy atom. The first kappa shape index (κ1) is 20.7. The van der Waals surface area contributed by atoms with Gasteiger partial charge >= 0.3 is 11.8 Å². The van der Waals surface area contributed by atoms with Crippen LogP contribution in [-0.2, 0) is 14.4 Å². The van der Waals surface area contributed by atoms with E-state index >= 15 is 0 Å². The van der Waals surface area contributed by atoms with E-state index in [1.54, 1.807) is 18.2 Å². The summed E-state index contributed by atoms with van der Waals surface area (Å²) in [6.45, 7) is 0.336. The smallest absolute Gasteiger partial charge is 0.316 e. The van der Waals surface area contributed by atoms with Crippen LogP contribution in [0.25, 0.3) is 10.8 Å². The quantitative estimate of drug-likeness (QED) is 0.621. The Balaban J connectivity index is 1.45. The molecule has 4 rings (SSSR count). The lowest BCUT2D eigenvalue weighted by Gasteiger charge is -2.33. The summed E-state index contributed by atoms with van der Waals surface area (Å²) in [7, 11) is 1.50. The average Bonchev–Trinajstić information content (AvgIpc) is 2.77. The molecule has 1 aliphatic rings. The molecule has 1 saturated heterocycles. The molecule has 7 nitrogen and oxygen atoms in total. The number of ether oxygens (including phenoxy) is 1. The summed E-state index contributed by atoms with van der Waals surface area (Å²) < 4.78 is 5.09. The van der Waals surface area contributed by atoms with Crippen LogP contribution in [0.4, 0.5) is 11.4 Å². The van der Waals surface area contributed by atoms with Crippen LogP contribution in [0.1, 0.15) is 0 Å². The zero-order chi connectivity index (χ0) is 22.0. The molecule has 0 saturated carbocycles. The fraction of sp³-hybridized carbons (Fsp3) is 0.174. The molecule has 3 aromatic rings. The highest BCUT2D eigenvalue weighted by atomic mass is 35.5. The topological polar surface area (TPSA) is 79.0 Å². The average molecular weight is 438 g/mol. The van der Waals surface area contributed by atoms with Crippen molar-refractivity contribution in [2.24, 2.45) is 0 Å². The third-order valence-corrected chi connectivity index (χ3v) is 5.43. The van der Waals surface area contributed by atoms with E-state index in [2.05, 4.69) is 5.32 Å². The van der Waals surface area contributed by atoms with Crippen LogP contribution in [0.15, 0.2) is 60.7 Å². The molecule has 3 amide bonds. The number of nitrogens with zero attached hydrogens (tertiary/aromatic N) is 2. The molecule has 0 bridgehead atoms. The monoisotopic (exact) mass is 437 g/mol. The van der Waals surface area contributed by atoms with Crippen molar-refractivity contribution in [2.75, 3.05) is 37.0 Å². The number of hydrogen-bond donors (Lipinski definition) is 1. The predicted molar refractivity (Wildman–Crippen MR) is 120 cm³/mol. The van der Waals surface area contributed by atoms with Crippen LogP contribution in [0, 0.1) is 0 Å². The highest BCUT2D eigenvalue weighted by molar-refractivity contribution is 6.41. The van der Waals surface area contributed by atoms with E-state index in [0.717, 1.165) is 10.8 Å². The summed E-state index contributed by atoms with van der Waals surface area (Å²) in [5.74, 6) is -1.28. The zero-order valence-electron chi connectivity index (χ0n) is 16.8. The van der Waals surface area contributed by atoms with Gasteiger partial charge in [-0.2, -0.15) is 0 Å². The molecule has 1 fully saturated rings. The number of anilines is 2. The number of rotatable bonds is 5. The molecule has 31 heavy (non-hydrogen) atoms. The van der Waals surface area contributed by atoms with E-state index in [-0.39, 0.29) is 13.1 Å². The molecule has 0 aliphatic carbocycles. The van der Waals surface area contributed by atoms with Gasteiger partial charge in [0.25, 0.3) is 0 Å². The number of amides is 3. The number of benzene rings is 3. The minimum atomic E-state index is -0.706. The normalized spacial score (nSPS) is 14.1. The standard InChI is InChI=1S/C23H20ClN3O4/c1-31-20-10-9-16(13-18(20)24)25-21(28)14-26-11-12-27(23(30)22(26)29)19-8-4-6-15-5-2-3-7-17(15)19/h2-10,13H,11-12,14H2,1H3,(H,25,28). The molecule has 1 aliphatic heterocycles. The molecular weight excluding hydrogens is 418 g/mol. The van der Waals surface area contributed by atoms with Crippen molar-refractivity contribution in [3.63, 3.8) is 0 Å². The molecule has 8 heteroatoms. The molecule has 0 unspecified atom stereocenters. The second kappa shape index (κ2) is 8.65. The summed E-state index contributed by atoms with van der Waals surface area (Å²) in [4.78, 5) is 40.6. The molecule has 0 atom stereocenters. The van der Waals surface area contributed by atoms with Gasteiger partial charge in [-0.15, -0.1) is 0 Å². The summed E-state index contributed by atoms with van der Waals surface area (Å²) >= 11 is 6.07. The van der Waals surface area contributed by atoms with Gasteiger partial charge in [-0.3, -0.25) is 14.4 Å². The Bertz CT molecular complexity index is 1180. The lowest BCUT2D eigenvalue weighted by molar-refractivity contribution is -0.147. The van der Waals surface area contributed by atoms with Crippen LogP contribution < -0.4 is 15.0 Å². The van der Waals surface area contributed by atoms with Gasteiger partial charge < -0.3 is 19.9 Å². The number of carbonyl (C=O) groups is 3. The minimum absolute atomic E-state index is 0.225. The maximum Gasteiger partial charge on any atom is 0.316 e. The van der Waals surface area contributed by atoms with Gasteiger partial charge in [0.05, 0.1) is 17.8 Å². The number of hydrogen-bond acceptors (Lipinski definition) is 4. The first-order valence-electron chi connectivity index (χ1n) is 9.70. The Kier molecular flexibility index (Phi) is 5.77. The molecule has 3 aromatic carbocycles. The van der Waals surface area contributed by atoms with Crippen LogP contribution in [0.2, 0.25) is 5.02 Å². The lowest BCUT2D eigenvalue weighted by atomic mass is 10.1. The largest absolute Gasteiger partial charge is 0.495 e. The van der Waals surface area contributed by atoms with Gasteiger partial charge in [0.2, 0.25) is 5.91 Å². The van der Waals surface area contributed by atoms with Crippen molar-refractivity contribution in [2.45, 2.75) is 0 Å². The Morgan fingerprint density at radius 3 is 2.58 bits per heavy atom. The van der Waals surface area contributed by atoms with E-state index in [4.69, 9.17) is 16.3 Å². The minimum Gasteiger partial charge on any atom is -0.495 e. The van der Waals surface area contributed by atoms with E-state index in [0.29, 0.717) is 28.7 Å². The second-order valence-corrected chi connectivity index (χ2v) is 7.49. The van der Waals surface area contributed by atoms with E-state index in [1.165, 1.54) is 16.9 Å². The summed E-state index contributed by atoms with van der Waals surface area (Å²) in [6, 6.07) is 18.2. The molecule has 0 spiro atoms. The maximum atomic E-state index is 12.8. The van der Waals surface area contributed by atoms with Crippen molar-refractivity contribution in [3.05, 3.63) is 65.7 Å². The van der Waals surface area contributed by atoms with Crippen LogP contribution in [0.5, 0.6) is 5.75 Å². The van der Waals surface area contributed by atoms with Gasteiger partial charge in [-0.05, 0) is 29.7 Å². The number of carbonyl (C=O) groups excluding carboxylic acids is 3. The van der Waals surface area contributed by atoms with Crippen molar-refractivity contribution in [1.29, 1.82) is 0 Å². The van der Waals surface area contributed by atoms with Gasteiger partial charge in [-0.1, -0.05) is 48.0 Å². The highest BCUT2D eigenvalue weighted by Crippen LogP contribution is 2.29. The molecule has 0 radical (unpaired) electrons. The molecular formula is C23H20ClN3O4. The first-order valence-corrected chi connectivity index (χ1v) is 10.1. The zero-order valence-corrected chi connectivity index (χ0v) is 17.6. The van der Waals surface area contributed by atoms with Gasteiger partial charge in [0.1, 0.15) is 12.3 Å². The highest BCUT2D eigenvalue weighted by Gasteiger charge is 2.34. The molecule has 0 aromatic heterocycles. The van der Waals surface area contributed by atoms with E-state index in [1.807, 2.05) is 42.5 Å². The number of piperazine rings is 1. The van der Waals surface area contributed by atoms with Crippen LogP contribution >= 0.6 is 11.6 Å². The second-order valence-electron chi connectivity index (χ2n) is 7.08. The molecule has 1 heterocycles. The maximum absolute atomic E-state index is 12.8. The van der Waals surface area contributed by atoms with E-state index in [9.17, 15) is 14.4 Å². The molecule has 158 valence electrons. The van der Waals surface area contributed by atoms with Crippen molar-refractivity contribution >= 4 is 51.5 Å². The van der Waals surface area contributed by atoms with Gasteiger partial charge in [0, 0.05) is 24.2 Å². The lowest BCUT2D eigenvalue weighted by Crippen LogP contribution is -2.56. The van der Waals surface area contributed by atoms with Crippen molar-refractivity contribution in [3.8, 4) is 5.75 Å². The predicted octanol–water partition coefficient (Wildman–Crippen LogP) is 3.32.